The van der Waals surface area contributed by atoms with Gasteiger partial charge in [0.25, 0.3) is 0 Å². The van der Waals surface area contributed by atoms with Crippen molar-refractivity contribution in [2.24, 2.45) is 0 Å². The molecular weight excluding hydrogens is 377 g/mol. The third kappa shape index (κ3) is 5.10. The van der Waals surface area contributed by atoms with E-state index in [9.17, 15) is 19.1 Å². The first kappa shape index (κ1) is 20.8. The molecule has 1 aliphatic rings. The molecule has 3 rings (SSSR count). The van der Waals surface area contributed by atoms with Gasteiger partial charge in [0, 0.05) is 18.8 Å². The summed E-state index contributed by atoms with van der Waals surface area (Å²) >= 11 is 0. The molecular formula is C21H24FN3O4. The van der Waals surface area contributed by atoms with Crippen molar-refractivity contribution >= 4 is 17.6 Å². The lowest BCUT2D eigenvalue weighted by atomic mass is 9.98. The molecule has 0 aromatic heterocycles. The van der Waals surface area contributed by atoms with Gasteiger partial charge in [-0.05, 0) is 42.3 Å². The predicted molar refractivity (Wildman–Crippen MR) is 106 cm³/mol. The van der Waals surface area contributed by atoms with Gasteiger partial charge >= 0.3 is 6.03 Å². The van der Waals surface area contributed by atoms with Crippen LogP contribution in [0.3, 0.4) is 0 Å². The average Bonchev–Trinajstić information content (AvgIpc) is 2.72. The van der Waals surface area contributed by atoms with E-state index in [1.807, 2.05) is 6.92 Å². The Labute approximate surface area is 168 Å². The smallest absolute Gasteiger partial charge is 0.319 e. The summed E-state index contributed by atoms with van der Waals surface area (Å²) in [5, 5.41) is 15.3. The number of nitrogens with one attached hydrogen (secondary N) is 2. The second-order valence-electron chi connectivity index (χ2n) is 6.74. The zero-order valence-corrected chi connectivity index (χ0v) is 16.1. The topological polar surface area (TPSA) is 90.9 Å². The number of ether oxygens (including phenoxy) is 1. The van der Waals surface area contributed by atoms with Crippen LogP contribution in [0.2, 0.25) is 0 Å². The van der Waals surface area contributed by atoms with Crippen LogP contribution in [0.1, 0.15) is 24.2 Å². The van der Waals surface area contributed by atoms with Crippen LogP contribution in [0.25, 0.3) is 0 Å². The summed E-state index contributed by atoms with van der Waals surface area (Å²) in [6, 6.07) is 12.1. The average molecular weight is 401 g/mol. The normalized spacial score (nSPS) is 19.1. The maximum Gasteiger partial charge on any atom is 0.319 e. The minimum absolute atomic E-state index is 0.110. The molecule has 3 amide bonds. The Morgan fingerprint density at radius 1 is 1.21 bits per heavy atom. The molecule has 2 aromatic rings. The van der Waals surface area contributed by atoms with Gasteiger partial charge in [-0.1, -0.05) is 24.3 Å². The van der Waals surface area contributed by atoms with Crippen molar-refractivity contribution in [3.8, 4) is 0 Å². The van der Waals surface area contributed by atoms with Crippen LogP contribution in [0.5, 0.6) is 0 Å². The molecule has 0 spiro atoms. The number of anilines is 1. The van der Waals surface area contributed by atoms with Crippen molar-refractivity contribution in [1.29, 1.82) is 0 Å². The van der Waals surface area contributed by atoms with Crippen LogP contribution in [0.15, 0.2) is 48.5 Å². The molecule has 0 radical (unpaired) electrons. The van der Waals surface area contributed by atoms with Crippen molar-refractivity contribution in [2.75, 3.05) is 25.1 Å². The molecule has 8 heteroatoms. The van der Waals surface area contributed by atoms with Gasteiger partial charge in [0.2, 0.25) is 5.91 Å². The minimum Gasteiger partial charge on any atom is -0.394 e. The minimum atomic E-state index is -0.580. The molecule has 7 nitrogen and oxygen atoms in total. The van der Waals surface area contributed by atoms with Gasteiger partial charge in [-0.3, -0.25) is 4.79 Å². The summed E-state index contributed by atoms with van der Waals surface area (Å²) in [6.45, 7) is 2.21. The van der Waals surface area contributed by atoms with Gasteiger partial charge in [0.15, 0.2) is 0 Å². The molecule has 2 aromatic carbocycles. The van der Waals surface area contributed by atoms with Crippen LogP contribution in [0, 0.1) is 5.82 Å². The van der Waals surface area contributed by atoms with E-state index < -0.39 is 12.1 Å². The number of rotatable bonds is 6. The van der Waals surface area contributed by atoms with Crippen LogP contribution in [0.4, 0.5) is 14.9 Å². The molecule has 0 saturated carbocycles. The van der Waals surface area contributed by atoms with E-state index in [1.54, 1.807) is 41.3 Å². The quantitative estimate of drug-likeness (QED) is 0.693. The number of amides is 3. The number of carbonyl (C=O) groups excluding carboxylic acids is 2. The van der Waals surface area contributed by atoms with Gasteiger partial charge in [0.05, 0.1) is 12.6 Å². The predicted octanol–water partition coefficient (Wildman–Crippen LogP) is 2.43. The van der Waals surface area contributed by atoms with E-state index in [0.29, 0.717) is 12.2 Å². The fourth-order valence-corrected chi connectivity index (χ4v) is 3.30. The lowest BCUT2D eigenvalue weighted by Gasteiger charge is -2.40. The van der Waals surface area contributed by atoms with E-state index in [2.05, 4.69) is 10.6 Å². The summed E-state index contributed by atoms with van der Waals surface area (Å²) < 4.78 is 18.9. The van der Waals surface area contributed by atoms with Gasteiger partial charge in [-0.25, -0.2) is 9.18 Å². The highest BCUT2D eigenvalue weighted by Crippen LogP contribution is 2.31. The first-order chi connectivity index (χ1) is 14.0. The Morgan fingerprint density at radius 2 is 1.90 bits per heavy atom. The van der Waals surface area contributed by atoms with Crippen molar-refractivity contribution in [3.63, 3.8) is 0 Å². The van der Waals surface area contributed by atoms with Gasteiger partial charge < -0.3 is 25.4 Å². The maximum absolute atomic E-state index is 13.2. The molecule has 1 heterocycles. The molecule has 1 aliphatic heterocycles. The summed E-state index contributed by atoms with van der Waals surface area (Å²) in [5.74, 6) is -0.584. The van der Waals surface area contributed by atoms with E-state index in [-0.39, 0.29) is 37.5 Å². The molecule has 0 aliphatic carbocycles. The number of hydrogen-bond donors (Lipinski definition) is 3. The highest BCUT2D eigenvalue weighted by atomic mass is 19.1. The van der Waals surface area contributed by atoms with E-state index in [0.717, 1.165) is 11.1 Å². The second-order valence-corrected chi connectivity index (χ2v) is 6.74. The van der Waals surface area contributed by atoms with Crippen LogP contribution >= 0.6 is 0 Å². The molecule has 0 unspecified atom stereocenters. The Morgan fingerprint density at radius 3 is 2.52 bits per heavy atom. The molecule has 1 fully saturated rings. The zero-order valence-electron chi connectivity index (χ0n) is 16.1. The van der Waals surface area contributed by atoms with Crippen LogP contribution in [-0.2, 0) is 16.1 Å². The van der Waals surface area contributed by atoms with Crippen LogP contribution in [-0.4, -0.2) is 47.7 Å². The number of carbonyl (C=O) groups is 2. The number of urea groups is 1. The van der Waals surface area contributed by atoms with E-state index in [4.69, 9.17) is 4.74 Å². The van der Waals surface area contributed by atoms with Crippen LogP contribution < -0.4 is 10.6 Å². The van der Waals surface area contributed by atoms with Gasteiger partial charge in [-0.15, -0.1) is 0 Å². The Balaban J connectivity index is 1.75. The Kier molecular flexibility index (Phi) is 6.79. The number of halogens is 1. The second kappa shape index (κ2) is 9.49. The lowest BCUT2D eigenvalue weighted by molar-refractivity contribution is -0.162. The highest BCUT2D eigenvalue weighted by Gasteiger charge is 2.37. The Hall–Kier alpha value is -2.97. The Bertz CT molecular complexity index is 842. The molecule has 29 heavy (non-hydrogen) atoms. The first-order valence-corrected chi connectivity index (χ1v) is 9.43. The first-order valence-electron chi connectivity index (χ1n) is 9.43. The number of aliphatic hydroxyl groups is 1. The lowest BCUT2D eigenvalue weighted by Crippen LogP contribution is -2.52. The third-order valence-corrected chi connectivity index (χ3v) is 4.74. The fourth-order valence-electron chi connectivity index (χ4n) is 3.30. The molecule has 3 N–H and O–H groups in total. The third-order valence-electron chi connectivity index (χ3n) is 4.74. The van der Waals surface area contributed by atoms with Crippen molar-refractivity contribution in [3.05, 3.63) is 65.5 Å². The number of morpholine rings is 1. The largest absolute Gasteiger partial charge is 0.394 e. The number of benzene rings is 2. The van der Waals surface area contributed by atoms with Crippen molar-refractivity contribution < 1.29 is 23.8 Å². The van der Waals surface area contributed by atoms with Gasteiger partial charge in [0.1, 0.15) is 18.5 Å². The molecule has 154 valence electrons. The summed E-state index contributed by atoms with van der Waals surface area (Å²) in [4.78, 5) is 25.6. The van der Waals surface area contributed by atoms with Crippen molar-refractivity contribution in [1.82, 2.24) is 10.2 Å². The zero-order chi connectivity index (χ0) is 20.8. The fraction of sp³-hybridized carbons (Fsp3) is 0.333. The summed E-state index contributed by atoms with van der Waals surface area (Å²) in [6.07, 6.45) is -0.517. The summed E-state index contributed by atoms with van der Waals surface area (Å²) in [5.41, 5.74) is 2.16. The maximum atomic E-state index is 13.2. The molecule has 1 saturated heterocycles. The number of hydrogen-bond acceptors (Lipinski definition) is 4. The summed E-state index contributed by atoms with van der Waals surface area (Å²) in [7, 11) is 0. The van der Waals surface area contributed by atoms with E-state index in [1.165, 1.54) is 12.1 Å². The van der Waals surface area contributed by atoms with Crippen molar-refractivity contribution in [2.45, 2.75) is 25.6 Å². The molecule has 2 atom stereocenters. The molecule has 0 bridgehead atoms. The SMILES string of the molecule is CCNC(=O)Nc1ccc([C@H]2OCC(=O)N(Cc3ccc(F)cc3)[C@@H]2CO)cc1. The number of aliphatic hydroxyl groups excluding tert-OH is 1. The monoisotopic (exact) mass is 401 g/mol. The van der Waals surface area contributed by atoms with E-state index >= 15 is 0 Å². The number of nitrogens with zero attached hydrogens (tertiary/aromatic N) is 1. The standard InChI is InChI=1S/C21H24FN3O4/c1-2-23-21(28)24-17-9-5-15(6-10-17)20-18(12-26)25(19(27)13-29-20)11-14-3-7-16(22)8-4-14/h3-10,18,20,26H,2,11-13H2,1H3,(H2,23,24,28)/t18-,20-/m1/s1. The highest BCUT2D eigenvalue weighted by molar-refractivity contribution is 5.89. The van der Waals surface area contributed by atoms with Gasteiger partial charge in [-0.2, -0.15) is 0 Å².